The Labute approximate surface area is 144 Å². The second-order valence-electron chi connectivity index (χ2n) is 6.88. The van der Waals surface area contributed by atoms with Crippen LogP contribution in [-0.2, 0) is 0 Å². The van der Waals surface area contributed by atoms with Gasteiger partial charge in [-0.25, -0.2) is 0 Å². The number of aliphatic imine (C=N–C) groups is 1. The Balaban J connectivity index is 1.89. The lowest BCUT2D eigenvalue weighted by atomic mass is 10.1. The minimum Gasteiger partial charge on any atom is -0.343 e. The lowest BCUT2D eigenvalue weighted by molar-refractivity contribution is 0.362. The van der Waals surface area contributed by atoms with Gasteiger partial charge in [-0.1, -0.05) is 76.9 Å². The van der Waals surface area contributed by atoms with E-state index in [2.05, 4.69) is 29.0 Å². The fraction of sp³-hybridized carbons (Fsp3) is 0.850. The number of hydrogen-bond acceptors (Lipinski definition) is 3. The quantitative estimate of drug-likeness (QED) is 0.350. The lowest BCUT2D eigenvalue weighted by Crippen LogP contribution is -2.41. The molecule has 0 saturated carbocycles. The zero-order valence-corrected chi connectivity index (χ0v) is 15.6. The first-order valence-electron chi connectivity index (χ1n) is 9.96. The van der Waals surface area contributed by atoms with Crippen molar-refractivity contribution >= 4 is 5.84 Å². The Hall–Kier alpha value is -0.830. The van der Waals surface area contributed by atoms with Crippen LogP contribution in [0.2, 0.25) is 0 Å². The molecule has 1 atom stereocenters. The van der Waals surface area contributed by atoms with Crippen LogP contribution in [0.1, 0.15) is 90.9 Å². The Kier molecular flexibility index (Phi) is 11.9. The first-order chi connectivity index (χ1) is 11.3. The highest BCUT2D eigenvalue weighted by atomic mass is 15.3. The molecule has 0 aromatic heterocycles. The fourth-order valence-corrected chi connectivity index (χ4v) is 3.18. The molecule has 1 aliphatic rings. The number of rotatable bonds is 14. The van der Waals surface area contributed by atoms with Gasteiger partial charge in [0.1, 0.15) is 5.84 Å². The van der Waals surface area contributed by atoms with Gasteiger partial charge in [0, 0.05) is 13.0 Å². The third-order valence-electron chi connectivity index (χ3n) is 4.65. The summed E-state index contributed by atoms with van der Waals surface area (Å²) in [7, 11) is 0. The first-order valence-corrected chi connectivity index (χ1v) is 9.96. The Morgan fingerprint density at radius 1 is 1.00 bits per heavy atom. The van der Waals surface area contributed by atoms with Crippen molar-refractivity contribution in [1.82, 2.24) is 4.90 Å². The molecule has 1 rings (SSSR count). The van der Waals surface area contributed by atoms with Gasteiger partial charge in [-0.05, 0) is 19.8 Å². The van der Waals surface area contributed by atoms with Crippen molar-refractivity contribution in [3.05, 3.63) is 12.2 Å². The molecule has 0 aliphatic carbocycles. The van der Waals surface area contributed by atoms with Gasteiger partial charge in [-0.3, -0.25) is 4.99 Å². The zero-order chi connectivity index (χ0) is 16.8. The first kappa shape index (κ1) is 20.2. The van der Waals surface area contributed by atoms with Crippen molar-refractivity contribution in [2.24, 2.45) is 10.7 Å². The summed E-state index contributed by atoms with van der Waals surface area (Å²) < 4.78 is 0. The summed E-state index contributed by atoms with van der Waals surface area (Å²) in [4.78, 5) is 6.76. The highest BCUT2D eigenvalue weighted by molar-refractivity contribution is 5.85. The van der Waals surface area contributed by atoms with Crippen LogP contribution in [0.25, 0.3) is 0 Å². The van der Waals surface area contributed by atoms with E-state index in [1.807, 2.05) is 6.92 Å². The van der Waals surface area contributed by atoms with Crippen LogP contribution < -0.4 is 5.73 Å². The van der Waals surface area contributed by atoms with Crippen molar-refractivity contribution in [2.75, 3.05) is 13.1 Å². The molecule has 134 valence electrons. The molecule has 0 bridgehead atoms. The molecule has 0 saturated heterocycles. The highest BCUT2D eigenvalue weighted by Gasteiger charge is 2.17. The summed E-state index contributed by atoms with van der Waals surface area (Å²) >= 11 is 0. The summed E-state index contributed by atoms with van der Waals surface area (Å²) in [6.45, 7) is 6.21. The van der Waals surface area contributed by atoms with Gasteiger partial charge in [0.2, 0.25) is 0 Å². The number of allylic oxidation sites excluding steroid dienone is 1. The van der Waals surface area contributed by atoms with Crippen LogP contribution in [0.5, 0.6) is 0 Å². The summed E-state index contributed by atoms with van der Waals surface area (Å²) in [5, 5.41) is 0. The van der Waals surface area contributed by atoms with Crippen molar-refractivity contribution in [2.45, 2.75) is 97.1 Å². The third kappa shape index (κ3) is 9.80. The van der Waals surface area contributed by atoms with E-state index in [9.17, 15) is 0 Å². The Morgan fingerprint density at radius 3 is 2.22 bits per heavy atom. The van der Waals surface area contributed by atoms with Crippen molar-refractivity contribution in [3.63, 3.8) is 0 Å². The molecule has 0 spiro atoms. The predicted molar refractivity (Wildman–Crippen MR) is 103 cm³/mol. The number of nitrogens with two attached hydrogens (primary N) is 1. The highest BCUT2D eigenvalue weighted by Crippen LogP contribution is 2.12. The van der Waals surface area contributed by atoms with Gasteiger partial charge >= 0.3 is 0 Å². The van der Waals surface area contributed by atoms with Gasteiger partial charge in [0.25, 0.3) is 0 Å². The van der Waals surface area contributed by atoms with Crippen LogP contribution in [-0.4, -0.2) is 30.0 Å². The summed E-state index contributed by atoms with van der Waals surface area (Å²) in [6, 6.07) is 0. The maximum Gasteiger partial charge on any atom is 0.104 e. The largest absolute Gasteiger partial charge is 0.343 e. The molecule has 1 aliphatic heterocycles. The minimum atomic E-state index is 0.0895. The average molecular weight is 322 g/mol. The monoisotopic (exact) mass is 321 g/mol. The SMILES string of the molecule is CCCCCCCCCCCC/C=C/CC1=NCCN1C(C)N. The van der Waals surface area contributed by atoms with Crippen LogP contribution in [0.3, 0.4) is 0 Å². The molecule has 0 amide bonds. The molecule has 0 radical (unpaired) electrons. The smallest absolute Gasteiger partial charge is 0.104 e. The van der Waals surface area contributed by atoms with Gasteiger partial charge in [0.15, 0.2) is 0 Å². The molecule has 0 aromatic rings. The summed E-state index contributed by atoms with van der Waals surface area (Å²) in [6.07, 6.45) is 20.9. The average Bonchev–Trinajstić information content (AvgIpc) is 3.00. The zero-order valence-electron chi connectivity index (χ0n) is 15.6. The molecule has 2 N–H and O–H groups in total. The van der Waals surface area contributed by atoms with E-state index in [1.165, 1.54) is 76.5 Å². The molecule has 1 heterocycles. The predicted octanol–water partition coefficient (Wildman–Crippen LogP) is 5.26. The Morgan fingerprint density at radius 2 is 1.61 bits per heavy atom. The van der Waals surface area contributed by atoms with E-state index in [4.69, 9.17) is 5.73 Å². The standard InChI is InChI=1S/C20H39N3/c1-3-4-5-6-7-8-9-10-11-12-13-14-15-16-20-22-17-18-23(20)19(2)21/h14-15,19H,3-13,16-18,21H2,1-2H3/b15-14+. The van der Waals surface area contributed by atoms with E-state index < -0.39 is 0 Å². The maximum absolute atomic E-state index is 5.95. The lowest BCUT2D eigenvalue weighted by Gasteiger charge is -2.23. The second-order valence-corrected chi connectivity index (χ2v) is 6.88. The molecular formula is C20H39N3. The molecule has 0 fully saturated rings. The van der Waals surface area contributed by atoms with Crippen molar-refractivity contribution in [3.8, 4) is 0 Å². The molecular weight excluding hydrogens is 282 g/mol. The van der Waals surface area contributed by atoms with Crippen LogP contribution in [0.4, 0.5) is 0 Å². The van der Waals surface area contributed by atoms with Crippen LogP contribution in [0.15, 0.2) is 17.1 Å². The van der Waals surface area contributed by atoms with E-state index in [0.717, 1.165) is 19.5 Å². The molecule has 1 unspecified atom stereocenters. The van der Waals surface area contributed by atoms with Crippen molar-refractivity contribution in [1.29, 1.82) is 0 Å². The minimum absolute atomic E-state index is 0.0895. The van der Waals surface area contributed by atoms with Gasteiger partial charge in [-0.2, -0.15) is 0 Å². The summed E-state index contributed by atoms with van der Waals surface area (Å²) in [5.74, 6) is 1.17. The number of unbranched alkanes of at least 4 members (excludes halogenated alkanes) is 10. The van der Waals surface area contributed by atoms with Crippen molar-refractivity contribution < 1.29 is 0 Å². The normalized spacial score (nSPS) is 16.3. The van der Waals surface area contributed by atoms with Gasteiger partial charge < -0.3 is 10.6 Å². The molecule has 0 aromatic carbocycles. The van der Waals surface area contributed by atoms with Gasteiger partial charge in [0.05, 0.1) is 12.7 Å². The Bertz CT molecular complexity index is 334. The molecule has 3 heteroatoms. The third-order valence-corrected chi connectivity index (χ3v) is 4.65. The maximum atomic E-state index is 5.95. The topological polar surface area (TPSA) is 41.6 Å². The van der Waals surface area contributed by atoms with E-state index in [-0.39, 0.29) is 6.17 Å². The number of hydrogen-bond donors (Lipinski definition) is 1. The molecule has 3 nitrogen and oxygen atoms in total. The summed E-state index contributed by atoms with van der Waals surface area (Å²) in [5.41, 5.74) is 5.95. The van der Waals surface area contributed by atoms with Crippen LogP contribution in [0, 0.1) is 0 Å². The number of amidine groups is 1. The van der Waals surface area contributed by atoms with Gasteiger partial charge in [-0.15, -0.1) is 0 Å². The fourth-order valence-electron chi connectivity index (χ4n) is 3.18. The van der Waals surface area contributed by atoms with E-state index in [0.29, 0.717) is 0 Å². The number of nitrogens with zero attached hydrogens (tertiary/aromatic N) is 2. The second kappa shape index (κ2) is 13.6. The van der Waals surface area contributed by atoms with E-state index >= 15 is 0 Å². The van der Waals surface area contributed by atoms with E-state index in [1.54, 1.807) is 0 Å². The molecule has 23 heavy (non-hydrogen) atoms. The van der Waals surface area contributed by atoms with Crippen LogP contribution >= 0.6 is 0 Å².